The minimum absolute atomic E-state index is 0.129. The standard InChI is InChI=1S/C26H30N6O4S/c1-3-4-7-22-18(2)25-19(16-23(33)30-22)17-27-26(31-25)29-20-9-11-21(12-10-20)37(35,36)28-13-6-15-32-14-5-8-24(32)34/h3-4,7,9-12,17,28H,2,5-6,8,13-16H2,1H3,(H,30,33)(H,27,29,31)/b4-3-,22-7+. The summed E-state index contributed by atoms with van der Waals surface area (Å²) < 4.78 is 27.9. The number of anilines is 2. The van der Waals surface area contributed by atoms with Crippen LogP contribution < -0.4 is 15.4 Å². The number of rotatable bonds is 9. The number of sulfonamides is 1. The molecule has 10 nitrogen and oxygen atoms in total. The third kappa shape index (κ3) is 6.49. The Kier molecular flexibility index (Phi) is 8.14. The van der Waals surface area contributed by atoms with E-state index in [1.165, 1.54) is 12.1 Å². The lowest BCUT2D eigenvalue weighted by molar-refractivity contribution is -0.127. The van der Waals surface area contributed by atoms with Crippen LogP contribution in [0.3, 0.4) is 0 Å². The van der Waals surface area contributed by atoms with Crippen molar-refractivity contribution >= 4 is 39.0 Å². The lowest BCUT2D eigenvalue weighted by Gasteiger charge is -2.15. The van der Waals surface area contributed by atoms with E-state index in [9.17, 15) is 18.0 Å². The van der Waals surface area contributed by atoms with Crippen molar-refractivity contribution in [3.05, 3.63) is 72.2 Å². The van der Waals surface area contributed by atoms with Crippen LogP contribution in [0.5, 0.6) is 0 Å². The molecule has 0 saturated carbocycles. The van der Waals surface area contributed by atoms with Gasteiger partial charge >= 0.3 is 0 Å². The van der Waals surface area contributed by atoms with Gasteiger partial charge < -0.3 is 15.5 Å². The third-order valence-electron chi connectivity index (χ3n) is 6.04. The zero-order valence-electron chi connectivity index (χ0n) is 20.7. The number of aromatic nitrogens is 2. The summed E-state index contributed by atoms with van der Waals surface area (Å²) in [6.07, 6.45) is 9.14. The largest absolute Gasteiger partial charge is 0.343 e. The van der Waals surface area contributed by atoms with E-state index in [0.717, 1.165) is 13.0 Å². The summed E-state index contributed by atoms with van der Waals surface area (Å²) in [6, 6.07) is 6.25. The number of likely N-dealkylation sites (tertiary alicyclic amines) is 1. The van der Waals surface area contributed by atoms with E-state index in [2.05, 4.69) is 31.9 Å². The summed E-state index contributed by atoms with van der Waals surface area (Å²) in [7, 11) is -3.68. The number of hydrogen-bond acceptors (Lipinski definition) is 7. The van der Waals surface area contributed by atoms with Gasteiger partial charge in [-0.2, -0.15) is 0 Å². The first-order chi connectivity index (χ1) is 17.8. The molecule has 2 aromatic rings. The van der Waals surface area contributed by atoms with Gasteiger partial charge in [-0.05, 0) is 50.1 Å². The molecule has 1 aromatic heterocycles. The van der Waals surface area contributed by atoms with Gasteiger partial charge in [0.15, 0.2) is 0 Å². The van der Waals surface area contributed by atoms with Crippen LogP contribution in [0.2, 0.25) is 0 Å². The van der Waals surface area contributed by atoms with Gasteiger partial charge in [0.1, 0.15) is 0 Å². The Morgan fingerprint density at radius 3 is 2.70 bits per heavy atom. The molecule has 2 aliphatic rings. The molecule has 1 saturated heterocycles. The molecule has 0 unspecified atom stereocenters. The summed E-state index contributed by atoms with van der Waals surface area (Å²) in [5.41, 5.74) is 2.97. The Bertz CT molecular complexity index is 1370. The van der Waals surface area contributed by atoms with Crippen molar-refractivity contribution in [1.29, 1.82) is 0 Å². The molecule has 0 bridgehead atoms. The number of hydrogen-bond donors (Lipinski definition) is 3. The zero-order valence-corrected chi connectivity index (χ0v) is 21.5. The van der Waals surface area contributed by atoms with Gasteiger partial charge in [-0.1, -0.05) is 18.7 Å². The van der Waals surface area contributed by atoms with Gasteiger partial charge in [0.2, 0.25) is 27.8 Å². The molecule has 3 heterocycles. The third-order valence-corrected chi connectivity index (χ3v) is 7.52. The molecule has 1 aromatic carbocycles. The number of fused-ring (bicyclic) bond motifs is 1. The predicted molar refractivity (Wildman–Crippen MR) is 141 cm³/mol. The van der Waals surface area contributed by atoms with E-state index in [1.807, 2.05) is 19.1 Å². The highest BCUT2D eigenvalue weighted by Crippen LogP contribution is 2.26. The molecule has 0 atom stereocenters. The highest BCUT2D eigenvalue weighted by molar-refractivity contribution is 7.89. The predicted octanol–water partition coefficient (Wildman–Crippen LogP) is 2.66. The molecule has 0 spiro atoms. The van der Waals surface area contributed by atoms with Crippen LogP contribution in [-0.4, -0.2) is 54.7 Å². The van der Waals surface area contributed by atoms with Crippen molar-refractivity contribution in [1.82, 2.24) is 24.9 Å². The average Bonchev–Trinajstić information content (AvgIpc) is 3.24. The molecule has 3 N–H and O–H groups in total. The number of nitrogens with one attached hydrogen (secondary N) is 3. The molecule has 194 valence electrons. The molecular formula is C26H30N6O4S. The van der Waals surface area contributed by atoms with Crippen molar-refractivity contribution < 1.29 is 18.0 Å². The second kappa shape index (κ2) is 11.5. The molecule has 0 radical (unpaired) electrons. The highest BCUT2D eigenvalue weighted by Gasteiger charge is 2.22. The molecule has 2 amide bonds. The maximum atomic E-state index is 12.6. The van der Waals surface area contributed by atoms with Gasteiger partial charge in [-0.3, -0.25) is 9.59 Å². The van der Waals surface area contributed by atoms with E-state index in [0.29, 0.717) is 53.5 Å². The minimum Gasteiger partial charge on any atom is -0.343 e. The number of carbonyl (C=O) groups excluding carboxylic acids is 2. The quantitative estimate of drug-likeness (QED) is 0.431. The highest BCUT2D eigenvalue weighted by atomic mass is 32.2. The summed E-state index contributed by atoms with van der Waals surface area (Å²) in [6.45, 7) is 7.52. The minimum atomic E-state index is -3.68. The maximum Gasteiger partial charge on any atom is 0.240 e. The van der Waals surface area contributed by atoms with Gasteiger partial charge in [-0.15, -0.1) is 0 Å². The topological polar surface area (TPSA) is 133 Å². The molecule has 1 fully saturated rings. The van der Waals surface area contributed by atoms with E-state index < -0.39 is 10.0 Å². The smallest absolute Gasteiger partial charge is 0.240 e. The summed E-state index contributed by atoms with van der Waals surface area (Å²) in [4.78, 5) is 34.7. The van der Waals surface area contributed by atoms with Crippen molar-refractivity contribution in [2.45, 2.75) is 37.5 Å². The summed E-state index contributed by atoms with van der Waals surface area (Å²) >= 11 is 0. The van der Waals surface area contributed by atoms with Crippen LogP contribution in [-0.2, 0) is 26.0 Å². The number of carbonyl (C=O) groups is 2. The molecule has 2 aliphatic heterocycles. The first kappa shape index (κ1) is 26.2. The lowest BCUT2D eigenvalue weighted by Crippen LogP contribution is -2.30. The first-order valence-corrected chi connectivity index (χ1v) is 13.6. The van der Waals surface area contributed by atoms with Crippen LogP contribution in [0, 0.1) is 0 Å². The van der Waals surface area contributed by atoms with E-state index >= 15 is 0 Å². The van der Waals surface area contributed by atoms with Crippen LogP contribution in [0.25, 0.3) is 5.57 Å². The molecule has 37 heavy (non-hydrogen) atoms. The SMILES string of the molecule is C=C1/C(=C\C=C/C)NC(=O)Cc2cnc(Nc3ccc(S(=O)(=O)NCCCN4CCCC4=O)cc3)nc21. The van der Waals surface area contributed by atoms with E-state index in [1.54, 1.807) is 29.3 Å². The normalized spacial score (nSPS) is 17.3. The van der Waals surface area contributed by atoms with Crippen LogP contribution >= 0.6 is 0 Å². The van der Waals surface area contributed by atoms with Crippen molar-refractivity contribution in [3.63, 3.8) is 0 Å². The van der Waals surface area contributed by atoms with Crippen molar-refractivity contribution in [2.75, 3.05) is 25.0 Å². The average molecular weight is 523 g/mol. The Hall–Kier alpha value is -3.83. The van der Waals surface area contributed by atoms with Crippen LogP contribution in [0.1, 0.15) is 37.4 Å². The van der Waals surface area contributed by atoms with E-state index in [-0.39, 0.29) is 29.7 Å². The summed E-state index contributed by atoms with van der Waals surface area (Å²) in [5, 5.41) is 5.91. The molecule has 11 heteroatoms. The van der Waals surface area contributed by atoms with Gasteiger partial charge in [0.25, 0.3) is 0 Å². The van der Waals surface area contributed by atoms with Gasteiger partial charge in [0.05, 0.1) is 17.0 Å². The van der Waals surface area contributed by atoms with Crippen LogP contribution in [0.15, 0.2) is 65.9 Å². The summed E-state index contributed by atoms with van der Waals surface area (Å²) in [5.74, 6) is 0.254. The molecular weight excluding hydrogens is 492 g/mol. The number of allylic oxidation sites excluding steroid dienone is 4. The first-order valence-electron chi connectivity index (χ1n) is 12.1. The Morgan fingerprint density at radius 2 is 2.00 bits per heavy atom. The number of amides is 2. The number of nitrogens with zero attached hydrogens (tertiary/aromatic N) is 3. The van der Waals surface area contributed by atoms with Crippen molar-refractivity contribution in [3.8, 4) is 0 Å². The maximum absolute atomic E-state index is 12.6. The van der Waals surface area contributed by atoms with E-state index in [4.69, 9.17) is 0 Å². The Balaban J connectivity index is 1.40. The molecule has 4 rings (SSSR count). The van der Waals surface area contributed by atoms with Crippen molar-refractivity contribution in [2.24, 2.45) is 0 Å². The second-order valence-electron chi connectivity index (χ2n) is 8.76. The van der Waals surface area contributed by atoms with Gasteiger partial charge in [0, 0.05) is 54.8 Å². The second-order valence-corrected chi connectivity index (χ2v) is 10.5. The molecule has 0 aliphatic carbocycles. The Morgan fingerprint density at radius 1 is 1.22 bits per heavy atom. The number of benzene rings is 1. The fraction of sp³-hybridized carbons (Fsp3) is 0.308. The van der Waals surface area contributed by atoms with Crippen LogP contribution in [0.4, 0.5) is 11.6 Å². The van der Waals surface area contributed by atoms with Gasteiger partial charge in [-0.25, -0.2) is 23.1 Å². The fourth-order valence-electron chi connectivity index (χ4n) is 4.11. The monoisotopic (exact) mass is 522 g/mol. The lowest BCUT2D eigenvalue weighted by atomic mass is 10.1. The Labute approximate surface area is 216 Å². The zero-order chi connectivity index (χ0) is 26.4. The fourth-order valence-corrected chi connectivity index (χ4v) is 5.18.